The van der Waals surface area contributed by atoms with Gasteiger partial charge >= 0.3 is 0 Å². The van der Waals surface area contributed by atoms with Crippen molar-refractivity contribution >= 4 is 29.2 Å². The van der Waals surface area contributed by atoms with Crippen LogP contribution in [0.5, 0.6) is 0 Å². The third-order valence-electron chi connectivity index (χ3n) is 9.82. The molecule has 0 saturated carbocycles. The van der Waals surface area contributed by atoms with Gasteiger partial charge in [0.25, 0.3) is 0 Å². The molecule has 3 heterocycles. The van der Waals surface area contributed by atoms with Gasteiger partial charge in [-0.15, -0.1) is 0 Å². The first-order valence-corrected chi connectivity index (χ1v) is 15.8. The fraction of sp³-hybridized carbons (Fsp3) is 0.429. The number of β-amino-alcohol motifs (C(OH)–C–C–N with tert-alkyl or cyclic N) is 1. The van der Waals surface area contributed by atoms with Crippen molar-refractivity contribution in [1.29, 1.82) is 0 Å². The highest BCUT2D eigenvalue weighted by Gasteiger charge is 2.51. The van der Waals surface area contributed by atoms with Gasteiger partial charge in [0.1, 0.15) is 12.4 Å². The number of carbonyl (C=O) groups excluding carboxylic acids is 3. The second-order valence-electron chi connectivity index (χ2n) is 12.9. The quantitative estimate of drug-likeness (QED) is 0.278. The van der Waals surface area contributed by atoms with Gasteiger partial charge in [-0.25, -0.2) is 4.98 Å². The minimum absolute atomic E-state index is 0.0315. The van der Waals surface area contributed by atoms with Crippen LogP contribution in [0.4, 0.5) is 11.5 Å². The van der Waals surface area contributed by atoms with Gasteiger partial charge < -0.3 is 30.9 Å². The summed E-state index contributed by atoms with van der Waals surface area (Å²) in [7, 11) is 1.89. The van der Waals surface area contributed by atoms with E-state index in [1.807, 2.05) is 68.6 Å². The minimum atomic E-state index is -0.680. The molecule has 1 aromatic heterocycles. The summed E-state index contributed by atoms with van der Waals surface area (Å²) in [5.41, 5.74) is 4.48. The average Bonchev–Trinajstić information content (AvgIpc) is 3.55. The molecule has 0 bridgehead atoms. The largest absolute Gasteiger partial charge is 0.395 e. The zero-order valence-corrected chi connectivity index (χ0v) is 26.1. The minimum Gasteiger partial charge on any atom is -0.395 e. The van der Waals surface area contributed by atoms with Gasteiger partial charge in [0.2, 0.25) is 17.7 Å². The second kappa shape index (κ2) is 12.7. The summed E-state index contributed by atoms with van der Waals surface area (Å²) in [4.78, 5) is 49.1. The van der Waals surface area contributed by atoms with Crippen molar-refractivity contribution in [2.24, 2.45) is 5.41 Å². The first-order chi connectivity index (χ1) is 21.7. The third kappa shape index (κ3) is 6.10. The van der Waals surface area contributed by atoms with Gasteiger partial charge in [0.15, 0.2) is 0 Å². The van der Waals surface area contributed by atoms with Crippen LogP contribution in [0.2, 0.25) is 0 Å². The molecule has 2 aliphatic heterocycles. The van der Waals surface area contributed by atoms with Crippen molar-refractivity contribution in [2.75, 3.05) is 50.5 Å². The van der Waals surface area contributed by atoms with Gasteiger partial charge in [-0.05, 0) is 86.3 Å². The molecular formula is C35H42N6O4. The third-order valence-corrected chi connectivity index (χ3v) is 9.82. The molecule has 1 aliphatic carbocycles. The maximum absolute atomic E-state index is 14.2. The van der Waals surface area contributed by atoms with Crippen molar-refractivity contribution in [1.82, 2.24) is 20.1 Å². The number of amides is 3. The van der Waals surface area contributed by atoms with E-state index in [1.165, 1.54) is 0 Å². The fourth-order valence-electron chi connectivity index (χ4n) is 7.21. The Labute approximate surface area is 264 Å². The number of nitrogens with one attached hydrogen (secondary N) is 3. The number of carbonyl (C=O) groups is 3. The van der Waals surface area contributed by atoms with Crippen LogP contribution in [-0.2, 0) is 45.7 Å². The predicted octanol–water partition coefficient (Wildman–Crippen LogP) is 2.85. The molecule has 1 spiro atoms. The predicted molar refractivity (Wildman–Crippen MR) is 173 cm³/mol. The highest BCUT2D eigenvalue weighted by atomic mass is 16.3. The first-order valence-electron chi connectivity index (χ1n) is 15.8. The highest BCUT2D eigenvalue weighted by Crippen LogP contribution is 2.47. The normalized spacial score (nSPS) is 20.0. The number of hydrogen-bond donors (Lipinski definition) is 4. The molecule has 45 heavy (non-hydrogen) atoms. The highest BCUT2D eigenvalue weighted by molar-refractivity contribution is 6.06. The molecule has 4 N–H and O–H groups in total. The number of aromatic nitrogens is 1. The maximum atomic E-state index is 14.2. The number of anilines is 2. The van der Waals surface area contributed by atoms with Crippen molar-refractivity contribution in [2.45, 2.75) is 51.1 Å². The van der Waals surface area contributed by atoms with Gasteiger partial charge in [0, 0.05) is 42.5 Å². The molecule has 0 radical (unpaired) electrons. The molecule has 0 unspecified atom stereocenters. The Morgan fingerprint density at radius 1 is 1.04 bits per heavy atom. The summed E-state index contributed by atoms with van der Waals surface area (Å²) in [6.07, 6.45) is 4.14. The molecule has 2 aromatic carbocycles. The van der Waals surface area contributed by atoms with Crippen molar-refractivity contribution in [3.05, 3.63) is 88.6 Å². The Balaban J connectivity index is 1.19. The number of fused-ring (bicyclic) bond motifs is 3. The average molecular weight is 611 g/mol. The summed E-state index contributed by atoms with van der Waals surface area (Å²) >= 11 is 0. The molecule has 1 fully saturated rings. The van der Waals surface area contributed by atoms with Crippen molar-refractivity contribution < 1.29 is 19.5 Å². The van der Waals surface area contributed by atoms with E-state index in [-0.39, 0.29) is 30.9 Å². The van der Waals surface area contributed by atoms with E-state index in [0.717, 1.165) is 40.9 Å². The summed E-state index contributed by atoms with van der Waals surface area (Å²) < 4.78 is 0. The number of likely N-dealkylation sites (tertiary alicyclic amines) is 1. The van der Waals surface area contributed by atoms with Crippen LogP contribution in [0.25, 0.3) is 0 Å². The topological polar surface area (TPSA) is 127 Å². The Bertz CT molecular complexity index is 1600. The van der Waals surface area contributed by atoms with E-state index in [9.17, 15) is 19.5 Å². The van der Waals surface area contributed by atoms with Crippen LogP contribution in [0.1, 0.15) is 47.6 Å². The number of rotatable bonds is 10. The molecule has 1 atom stereocenters. The van der Waals surface area contributed by atoms with E-state index in [0.29, 0.717) is 56.8 Å². The van der Waals surface area contributed by atoms with Crippen LogP contribution >= 0.6 is 0 Å². The maximum Gasteiger partial charge on any atom is 0.244 e. The second-order valence-corrected chi connectivity index (χ2v) is 12.9. The lowest BCUT2D eigenvalue weighted by Crippen LogP contribution is -2.50. The molecular weight excluding hydrogens is 568 g/mol. The summed E-state index contributed by atoms with van der Waals surface area (Å²) in [6, 6.07) is 17.6. The molecule has 6 rings (SSSR count). The van der Waals surface area contributed by atoms with Crippen LogP contribution < -0.4 is 16.0 Å². The summed E-state index contributed by atoms with van der Waals surface area (Å²) in [5.74, 6) is 0.284. The number of nitrogens with zero attached hydrogens (tertiary/aromatic N) is 3. The van der Waals surface area contributed by atoms with E-state index >= 15 is 0 Å². The molecule has 236 valence electrons. The van der Waals surface area contributed by atoms with Gasteiger partial charge in [-0.2, -0.15) is 0 Å². The Hall–Kier alpha value is -4.12. The zero-order chi connectivity index (χ0) is 31.6. The molecule has 10 nitrogen and oxygen atoms in total. The van der Waals surface area contributed by atoms with E-state index in [4.69, 9.17) is 0 Å². The molecule has 3 aromatic rings. The van der Waals surface area contributed by atoms with Gasteiger partial charge in [-0.1, -0.05) is 43.3 Å². The number of piperidine rings is 1. The van der Waals surface area contributed by atoms with Crippen molar-refractivity contribution in [3.63, 3.8) is 0 Å². The monoisotopic (exact) mass is 610 g/mol. The van der Waals surface area contributed by atoms with E-state index in [1.54, 1.807) is 11.1 Å². The van der Waals surface area contributed by atoms with Crippen LogP contribution in [-0.4, -0.2) is 77.4 Å². The Morgan fingerprint density at radius 2 is 1.80 bits per heavy atom. The van der Waals surface area contributed by atoms with Crippen molar-refractivity contribution in [3.8, 4) is 0 Å². The fourth-order valence-corrected chi connectivity index (χ4v) is 7.21. The molecule has 3 aliphatic rings. The summed E-state index contributed by atoms with van der Waals surface area (Å²) in [5, 5.41) is 18.5. The number of hydrogen-bond acceptors (Lipinski definition) is 7. The molecule has 3 amide bonds. The SMILES string of the molecule is CNCc1ccccc1CN(CC(=O)Nc1ccc2c(c1)C[C@@]1(C2)C(=O)Nc2ncccc21)C(=O)C1(C)CCN(CCO)CC1. The van der Waals surface area contributed by atoms with Gasteiger partial charge in [-0.3, -0.25) is 14.4 Å². The number of aliphatic hydroxyl groups excluding tert-OH is 1. The van der Waals surface area contributed by atoms with E-state index < -0.39 is 10.8 Å². The van der Waals surface area contributed by atoms with Gasteiger partial charge in [0.05, 0.1) is 12.0 Å². The Kier molecular flexibility index (Phi) is 8.72. The summed E-state index contributed by atoms with van der Waals surface area (Å²) in [6.45, 7) is 5.07. The molecule has 1 saturated heterocycles. The number of benzene rings is 2. The number of aliphatic hydroxyl groups is 1. The van der Waals surface area contributed by atoms with Crippen LogP contribution in [0.3, 0.4) is 0 Å². The van der Waals surface area contributed by atoms with Crippen LogP contribution in [0.15, 0.2) is 60.8 Å². The standard InChI is InChI=1S/C35H42N6O4/c1-34(11-14-40(15-12-34)16-17-42)33(45)41(22-26-7-4-3-6-25(26)21-36-2)23-30(43)38-28-10-9-24-19-35(20-27(24)18-28)29-8-5-13-37-31(29)39-32(35)44/h3-10,13,18,36,42H,11-12,14-17,19-23H2,1-2H3,(H,38,43)(H,37,39,44)/t35-/m1/s1. The first kappa shape index (κ1) is 30.9. The molecule has 10 heteroatoms. The smallest absolute Gasteiger partial charge is 0.244 e. The lowest BCUT2D eigenvalue weighted by Gasteiger charge is -2.41. The Morgan fingerprint density at radius 3 is 2.56 bits per heavy atom. The van der Waals surface area contributed by atoms with E-state index in [2.05, 4.69) is 25.8 Å². The lowest BCUT2D eigenvalue weighted by atomic mass is 9.79. The number of pyridine rings is 1. The lowest BCUT2D eigenvalue weighted by molar-refractivity contribution is -0.146. The van der Waals surface area contributed by atoms with Crippen LogP contribution in [0, 0.1) is 5.41 Å². The zero-order valence-electron chi connectivity index (χ0n) is 26.1.